The van der Waals surface area contributed by atoms with Gasteiger partial charge in [0.2, 0.25) is 0 Å². The molecule has 1 fully saturated rings. The second kappa shape index (κ2) is 7.48. The van der Waals surface area contributed by atoms with Crippen LogP contribution in [0.2, 0.25) is 0 Å². The fourth-order valence-corrected chi connectivity index (χ4v) is 3.92. The summed E-state index contributed by atoms with van der Waals surface area (Å²) in [5.41, 5.74) is -0.727. The molecule has 5 nitrogen and oxygen atoms in total. The summed E-state index contributed by atoms with van der Waals surface area (Å²) in [5.74, 6) is 1.23. The first-order valence-corrected chi connectivity index (χ1v) is 9.48. The number of ether oxygens (including phenoxy) is 2. The second-order valence-corrected chi connectivity index (χ2v) is 7.33. The smallest absolute Gasteiger partial charge is 0.431 e. The zero-order valence-corrected chi connectivity index (χ0v) is 15.2. The van der Waals surface area contributed by atoms with Crippen LogP contribution in [0.4, 0.5) is 13.2 Å². The molecular formula is C20H21F3N2O3. The van der Waals surface area contributed by atoms with E-state index in [1.165, 1.54) is 37.7 Å². The van der Waals surface area contributed by atoms with Crippen LogP contribution < -0.4 is 15.0 Å². The number of hydrogen-bond acceptors (Lipinski definition) is 4. The summed E-state index contributed by atoms with van der Waals surface area (Å²) in [5, 5.41) is 0. The van der Waals surface area contributed by atoms with Crippen molar-refractivity contribution >= 4 is 0 Å². The highest BCUT2D eigenvalue weighted by Gasteiger charge is 2.39. The third kappa shape index (κ3) is 4.00. The second-order valence-electron chi connectivity index (χ2n) is 7.33. The molecule has 1 aromatic heterocycles. The predicted molar refractivity (Wildman–Crippen MR) is 95.7 cm³/mol. The molecule has 150 valence electrons. The molecule has 28 heavy (non-hydrogen) atoms. The Morgan fingerprint density at radius 3 is 2.54 bits per heavy atom. The number of hydrogen-bond donors (Lipinski definition) is 0. The molecular weight excluding hydrogens is 373 g/mol. The van der Waals surface area contributed by atoms with Crippen LogP contribution in [0.5, 0.6) is 11.8 Å². The minimum absolute atomic E-state index is 0.0671. The molecule has 1 aliphatic heterocycles. The lowest BCUT2D eigenvalue weighted by atomic mass is 9.84. The number of benzene rings is 1. The van der Waals surface area contributed by atoms with Crippen molar-refractivity contribution in [1.29, 1.82) is 0 Å². The minimum Gasteiger partial charge on any atom is -0.490 e. The van der Waals surface area contributed by atoms with Crippen LogP contribution in [0.1, 0.15) is 49.3 Å². The van der Waals surface area contributed by atoms with Gasteiger partial charge in [-0.05, 0) is 36.5 Å². The lowest BCUT2D eigenvalue weighted by molar-refractivity contribution is -0.144. The largest absolute Gasteiger partial charge is 0.490 e. The van der Waals surface area contributed by atoms with Gasteiger partial charge in [0.25, 0.3) is 5.56 Å². The van der Waals surface area contributed by atoms with E-state index < -0.39 is 23.5 Å². The quantitative estimate of drug-likeness (QED) is 0.782. The first-order chi connectivity index (χ1) is 13.4. The number of rotatable bonds is 4. The van der Waals surface area contributed by atoms with E-state index in [0.29, 0.717) is 17.7 Å². The summed E-state index contributed by atoms with van der Waals surface area (Å²) in [6, 6.07) is 8.04. The first kappa shape index (κ1) is 18.8. The van der Waals surface area contributed by atoms with Gasteiger partial charge in [-0.1, -0.05) is 31.4 Å². The van der Waals surface area contributed by atoms with E-state index in [0.717, 1.165) is 4.57 Å². The Bertz CT molecular complexity index is 887. The summed E-state index contributed by atoms with van der Waals surface area (Å²) in [6.45, 7) is -0.00473. The molecule has 1 atom stereocenters. The summed E-state index contributed by atoms with van der Waals surface area (Å²) in [6.07, 6.45) is 0.957. The summed E-state index contributed by atoms with van der Waals surface area (Å²) < 4.78 is 51.3. The van der Waals surface area contributed by atoms with Gasteiger partial charge < -0.3 is 9.47 Å². The maximum absolute atomic E-state index is 13.1. The van der Waals surface area contributed by atoms with Crippen molar-refractivity contribution in [1.82, 2.24) is 9.55 Å². The van der Waals surface area contributed by atoms with Crippen LogP contribution in [0.3, 0.4) is 0 Å². The topological polar surface area (TPSA) is 53.4 Å². The molecule has 0 spiro atoms. The van der Waals surface area contributed by atoms with Crippen molar-refractivity contribution in [3.63, 3.8) is 0 Å². The van der Waals surface area contributed by atoms with Crippen molar-refractivity contribution in [3.05, 3.63) is 51.9 Å². The maximum Gasteiger partial charge on any atom is 0.431 e. The van der Waals surface area contributed by atoms with Crippen LogP contribution in [-0.2, 0) is 12.7 Å². The summed E-state index contributed by atoms with van der Waals surface area (Å²) in [7, 11) is 0. The SMILES string of the molecule is O=c1cc(C(F)(F)F)n2c(n1)OC(COc1ccc(C3CCCCC3)cc1)C2. The van der Waals surface area contributed by atoms with Gasteiger partial charge in [0, 0.05) is 6.07 Å². The number of halogens is 3. The Hall–Kier alpha value is -2.51. The van der Waals surface area contributed by atoms with E-state index in [4.69, 9.17) is 9.47 Å². The van der Waals surface area contributed by atoms with Gasteiger partial charge >= 0.3 is 12.2 Å². The highest BCUT2D eigenvalue weighted by Crippen LogP contribution is 2.34. The third-order valence-electron chi connectivity index (χ3n) is 5.33. The monoisotopic (exact) mass is 394 g/mol. The molecule has 2 heterocycles. The van der Waals surface area contributed by atoms with Gasteiger partial charge in [-0.15, -0.1) is 0 Å². The average Bonchev–Trinajstić information content (AvgIpc) is 3.08. The predicted octanol–water partition coefficient (Wildman–Crippen LogP) is 4.15. The molecule has 2 aliphatic rings. The van der Waals surface area contributed by atoms with Crippen LogP contribution in [0, 0.1) is 0 Å². The van der Waals surface area contributed by atoms with Gasteiger partial charge in [0.15, 0.2) is 6.10 Å². The molecule has 8 heteroatoms. The molecule has 0 bridgehead atoms. The van der Waals surface area contributed by atoms with Crippen molar-refractivity contribution in [3.8, 4) is 11.8 Å². The van der Waals surface area contributed by atoms with E-state index >= 15 is 0 Å². The number of alkyl halides is 3. The van der Waals surface area contributed by atoms with Gasteiger partial charge in [-0.25, -0.2) is 0 Å². The molecule has 2 aromatic rings. The van der Waals surface area contributed by atoms with Crippen molar-refractivity contribution in [2.24, 2.45) is 0 Å². The van der Waals surface area contributed by atoms with Gasteiger partial charge in [-0.2, -0.15) is 18.2 Å². The minimum atomic E-state index is -4.65. The van der Waals surface area contributed by atoms with E-state index in [1.54, 1.807) is 0 Å². The normalized spacial score (nSPS) is 19.9. The fourth-order valence-electron chi connectivity index (χ4n) is 3.92. The van der Waals surface area contributed by atoms with E-state index in [-0.39, 0.29) is 19.2 Å². The van der Waals surface area contributed by atoms with Crippen LogP contribution in [0.15, 0.2) is 35.1 Å². The third-order valence-corrected chi connectivity index (χ3v) is 5.33. The Balaban J connectivity index is 1.39. The van der Waals surface area contributed by atoms with Crippen LogP contribution in [0.25, 0.3) is 0 Å². The van der Waals surface area contributed by atoms with Gasteiger partial charge in [0.1, 0.15) is 18.1 Å². The average molecular weight is 394 g/mol. The number of fused-ring (bicyclic) bond motifs is 1. The standard InChI is InChI=1S/C20H21F3N2O3/c21-20(22,23)17-10-18(26)24-19-25(17)11-16(28-19)12-27-15-8-6-14(7-9-15)13-4-2-1-3-5-13/h6-10,13,16H,1-5,11-12H2. The maximum atomic E-state index is 13.1. The Morgan fingerprint density at radius 2 is 1.86 bits per heavy atom. The summed E-state index contributed by atoms with van der Waals surface area (Å²) in [4.78, 5) is 14.9. The number of aromatic nitrogens is 2. The highest BCUT2D eigenvalue weighted by molar-refractivity contribution is 5.29. The van der Waals surface area contributed by atoms with E-state index in [1.807, 2.05) is 12.1 Å². The van der Waals surface area contributed by atoms with Crippen molar-refractivity contribution in [2.75, 3.05) is 6.61 Å². The molecule has 4 rings (SSSR count). The van der Waals surface area contributed by atoms with Crippen molar-refractivity contribution in [2.45, 2.75) is 56.8 Å². The van der Waals surface area contributed by atoms with E-state index in [9.17, 15) is 18.0 Å². The highest BCUT2D eigenvalue weighted by atomic mass is 19.4. The Morgan fingerprint density at radius 1 is 1.14 bits per heavy atom. The lowest BCUT2D eigenvalue weighted by Crippen LogP contribution is -2.24. The van der Waals surface area contributed by atoms with Crippen molar-refractivity contribution < 1.29 is 22.6 Å². The lowest BCUT2D eigenvalue weighted by Gasteiger charge is -2.22. The Kier molecular flexibility index (Phi) is 5.03. The molecule has 0 saturated heterocycles. The number of nitrogens with zero attached hydrogens (tertiary/aromatic N) is 2. The molecule has 1 aliphatic carbocycles. The van der Waals surface area contributed by atoms with Crippen LogP contribution >= 0.6 is 0 Å². The first-order valence-electron chi connectivity index (χ1n) is 9.48. The fraction of sp³-hybridized carbons (Fsp3) is 0.500. The molecule has 0 radical (unpaired) electrons. The van der Waals surface area contributed by atoms with Gasteiger partial charge in [-0.3, -0.25) is 9.36 Å². The van der Waals surface area contributed by atoms with Crippen LogP contribution in [-0.4, -0.2) is 22.3 Å². The molecule has 0 amide bonds. The molecule has 1 saturated carbocycles. The van der Waals surface area contributed by atoms with E-state index in [2.05, 4.69) is 17.1 Å². The Labute approximate surface area is 160 Å². The zero-order chi connectivity index (χ0) is 19.7. The summed E-state index contributed by atoms with van der Waals surface area (Å²) >= 11 is 0. The molecule has 1 aromatic carbocycles. The van der Waals surface area contributed by atoms with Gasteiger partial charge in [0.05, 0.1) is 6.54 Å². The molecule has 0 N–H and O–H groups in total. The zero-order valence-electron chi connectivity index (χ0n) is 15.2. The molecule has 1 unspecified atom stereocenters.